The third kappa shape index (κ3) is 5.10. The van der Waals surface area contributed by atoms with Crippen LogP contribution >= 0.6 is 0 Å². The summed E-state index contributed by atoms with van der Waals surface area (Å²) in [7, 11) is 1.84. The molecule has 0 spiro atoms. The van der Waals surface area contributed by atoms with E-state index in [1.807, 2.05) is 83.4 Å². The maximum absolute atomic E-state index is 12.8. The monoisotopic (exact) mass is 573 g/mol. The molecule has 1 aliphatic heterocycles. The minimum atomic E-state index is -1.19. The molecule has 0 saturated carbocycles. The van der Waals surface area contributed by atoms with Crippen molar-refractivity contribution in [1.82, 2.24) is 4.98 Å². The van der Waals surface area contributed by atoms with Gasteiger partial charge in [-0.15, -0.1) is 0 Å². The number of aryl methyl sites for hydroxylation is 1. The van der Waals surface area contributed by atoms with Crippen molar-refractivity contribution in [3.63, 3.8) is 0 Å². The fourth-order valence-electron chi connectivity index (χ4n) is 6.15. The van der Waals surface area contributed by atoms with Gasteiger partial charge in [-0.3, -0.25) is 4.98 Å². The molecule has 0 aliphatic carbocycles. The van der Waals surface area contributed by atoms with Crippen molar-refractivity contribution in [3.05, 3.63) is 89.1 Å². The van der Waals surface area contributed by atoms with Crippen molar-refractivity contribution < 1.29 is 19.4 Å². The lowest BCUT2D eigenvalue weighted by Gasteiger charge is -2.29. The van der Waals surface area contributed by atoms with E-state index in [-0.39, 0.29) is 0 Å². The van der Waals surface area contributed by atoms with Crippen molar-refractivity contribution in [2.45, 2.75) is 45.8 Å². The number of carboxylic acid groups (broad SMARTS) is 1. The van der Waals surface area contributed by atoms with Gasteiger partial charge in [-0.25, -0.2) is 4.79 Å². The fourth-order valence-corrected chi connectivity index (χ4v) is 6.15. The van der Waals surface area contributed by atoms with Crippen LogP contribution in [0.25, 0.3) is 43.9 Å². The molecule has 3 N–H and O–H groups in total. The molecule has 7 nitrogen and oxygen atoms in total. The summed E-state index contributed by atoms with van der Waals surface area (Å²) in [5.74, 6) is -0.250. The first kappa shape index (κ1) is 28.4. The van der Waals surface area contributed by atoms with Crippen LogP contribution in [-0.4, -0.2) is 41.5 Å². The highest BCUT2D eigenvalue weighted by atomic mass is 16.5. The van der Waals surface area contributed by atoms with E-state index in [1.54, 1.807) is 0 Å². The van der Waals surface area contributed by atoms with Gasteiger partial charge in [-0.2, -0.15) is 0 Å². The topological polar surface area (TPSA) is 105 Å². The van der Waals surface area contributed by atoms with Gasteiger partial charge in [0.2, 0.25) is 0 Å². The maximum Gasteiger partial charge on any atom is 0.337 e. The molecule has 0 saturated heterocycles. The van der Waals surface area contributed by atoms with Crippen molar-refractivity contribution >= 4 is 39.5 Å². The number of hydrogen-bond acceptors (Lipinski definition) is 6. The summed E-state index contributed by atoms with van der Waals surface area (Å²) in [6, 6.07) is 20.3. The highest BCUT2D eigenvalue weighted by molar-refractivity contribution is 6.09. The first-order chi connectivity index (χ1) is 20.6. The van der Waals surface area contributed by atoms with E-state index in [0.29, 0.717) is 12.2 Å². The Morgan fingerprint density at radius 3 is 2.58 bits per heavy atom. The first-order valence-corrected chi connectivity index (χ1v) is 14.4. The van der Waals surface area contributed by atoms with Gasteiger partial charge in [0.05, 0.1) is 17.7 Å². The SMILES string of the molecule is CNc1ccc(-c2ccc3c(-c4ccc5c6c(ccnc46)CCO5)c([C@H](OC(C)(C)C)C(=O)O)c(C)cc3c2)cc1C=N. The van der Waals surface area contributed by atoms with E-state index < -0.39 is 17.7 Å². The Morgan fingerprint density at radius 2 is 1.86 bits per heavy atom. The molecule has 0 fully saturated rings. The van der Waals surface area contributed by atoms with Crippen LogP contribution in [0.2, 0.25) is 0 Å². The van der Waals surface area contributed by atoms with E-state index >= 15 is 0 Å². The van der Waals surface area contributed by atoms with Crippen molar-refractivity contribution in [1.29, 1.82) is 5.41 Å². The Bertz CT molecular complexity index is 1910. The number of carbonyl (C=O) groups is 1. The average Bonchev–Trinajstić information content (AvgIpc) is 2.99. The number of aromatic nitrogens is 1. The number of carboxylic acids is 1. The number of rotatable bonds is 7. The normalized spacial score (nSPS) is 13.5. The van der Waals surface area contributed by atoms with Gasteiger partial charge in [0, 0.05) is 53.6 Å². The van der Waals surface area contributed by atoms with Gasteiger partial charge in [0.15, 0.2) is 6.10 Å². The largest absolute Gasteiger partial charge is 0.493 e. The zero-order valence-electron chi connectivity index (χ0n) is 25.0. The first-order valence-electron chi connectivity index (χ1n) is 14.4. The van der Waals surface area contributed by atoms with E-state index in [9.17, 15) is 9.90 Å². The molecule has 1 atom stereocenters. The van der Waals surface area contributed by atoms with Gasteiger partial charge in [-0.1, -0.05) is 24.3 Å². The number of fused-ring (bicyclic) bond motifs is 1. The lowest BCUT2D eigenvalue weighted by Crippen LogP contribution is -2.28. The molecular formula is C36H35N3O4. The number of nitrogens with zero attached hydrogens (tertiary/aromatic N) is 1. The molecule has 43 heavy (non-hydrogen) atoms. The molecule has 6 rings (SSSR count). The van der Waals surface area contributed by atoms with Gasteiger partial charge in [-0.05, 0) is 103 Å². The van der Waals surface area contributed by atoms with Crippen LogP contribution in [-0.2, 0) is 16.0 Å². The van der Waals surface area contributed by atoms with E-state index in [2.05, 4.69) is 23.5 Å². The lowest BCUT2D eigenvalue weighted by molar-refractivity contribution is -0.160. The highest BCUT2D eigenvalue weighted by Gasteiger charge is 2.32. The van der Waals surface area contributed by atoms with Crippen LogP contribution < -0.4 is 10.1 Å². The van der Waals surface area contributed by atoms with Crippen LogP contribution in [0, 0.1) is 12.3 Å². The summed E-state index contributed by atoms with van der Waals surface area (Å²) in [5, 5.41) is 24.4. The fraction of sp³-hybridized carbons (Fsp3) is 0.250. The van der Waals surface area contributed by atoms with Crippen molar-refractivity contribution in [2.24, 2.45) is 0 Å². The van der Waals surface area contributed by atoms with Crippen LogP contribution in [0.3, 0.4) is 0 Å². The Morgan fingerprint density at radius 1 is 1.09 bits per heavy atom. The second-order valence-electron chi connectivity index (χ2n) is 12.0. The predicted octanol–water partition coefficient (Wildman–Crippen LogP) is 7.95. The lowest BCUT2D eigenvalue weighted by atomic mass is 9.84. The van der Waals surface area contributed by atoms with Gasteiger partial charge < -0.3 is 25.3 Å². The summed E-state index contributed by atoms with van der Waals surface area (Å²) >= 11 is 0. The van der Waals surface area contributed by atoms with E-state index in [0.717, 1.165) is 72.9 Å². The quantitative estimate of drug-likeness (QED) is 0.171. The van der Waals surface area contributed by atoms with Crippen LogP contribution in [0.4, 0.5) is 5.69 Å². The number of aliphatic carboxylic acids is 1. The third-order valence-electron chi connectivity index (χ3n) is 7.99. The highest BCUT2D eigenvalue weighted by Crippen LogP contribution is 2.45. The van der Waals surface area contributed by atoms with Gasteiger partial charge in [0.25, 0.3) is 0 Å². The Hall–Kier alpha value is -4.75. The average molecular weight is 574 g/mol. The zero-order valence-corrected chi connectivity index (χ0v) is 25.0. The molecular weight excluding hydrogens is 538 g/mol. The Kier molecular flexibility index (Phi) is 7.14. The summed E-state index contributed by atoms with van der Waals surface area (Å²) in [4.78, 5) is 17.7. The molecule has 0 amide bonds. The molecule has 5 aromatic rings. The van der Waals surface area contributed by atoms with Crippen molar-refractivity contribution in [3.8, 4) is 28.0 Å². The number of nitrogens with one attached hydrogen (secondary N) is 2. The summed E-state index contributed by atoms with van der Waals surface area (Å²) in [5.41, 5.74) is 8.01. The number of anilines is 1. The smallest absolute Gasteiger partial charge is 0.337 e. The van der Waals surface area contributed by atoms with Crippen LogP contribution in [0.5, 0.6) is 5.75 Å². The van der Waals surface area contributed by atoms with Crippen molar-refractivity contribution in [2.75, 3.05) is 19.0 Å². The minimum Gasteiger partial charge on any atom is -0.493 e. The van der Waals surface area contributed by atoms with Crippen LogP contribution in [0.1, 0.15) is 49.1 Å². The number of hydrogen-bond donors (Lipinski definition) is 3. The third-order valence-corrected chi connectivity index (χ3v) is 7.99. The minimum absolute atomic E-state index is 0.613. The predicted molar refractivity (Wildman–Crippen MR) is 173 cm³/mol. The molecule has 7 heteroatoms. The molecule has 0 bridgehead atoms. The second kappa shape index (κ2) is 10.8. The Balaban J connectivity index is 1.66. The summed E-state index contributed by atoms with van der Waals surface area (Å²) in [6.07, 6.45) is 2.77. The van der Waals surface area contributed by atoms with E-state index in [4.69, 9.17) is 19.9 Å². The standard InChI is InChI=1S/C36H35N3O4/c1-20-16-24-17-22(23-7-10-28(38-5)25(18-23)19-37)6-8-26(24)32(30(20)34(35(40)41)43-36(2,3)4)27-9-11-29-31-21(13-15-42-29)12-14-39-33(27)31/h6-12,14,16-19,34,37-38H,13,15H2,1-5H3,(H,40,41)/t34-/m0/s1. The molecule has 1 aromatic heterocycles. The molecule has 0 unspecified atom stereocenters. The number of benzene rings is 4. The molecule has 2 heterocycles. The molecule has 1 aliphatic rings. The maximum atomic E-state index is 12.8. The number of pyridine rings is 1. The van der Waals surface area contributed by atoms with Crippen LogP contribution in [0.15, 0.2) is 66.9 Å². The molecule has 218 valence electrons. The molecule has 0 radical (unpaired) electrons. The Labute approximate surface area is 251 Å². The van der Waals surface area contributed by atoms with Gasteiger partial charge in [0.1, 0.15) is 5.75 Å². The number of ether oxygens (including phenoxy) is 2. The second-order valence-corrected chi connectivity index (χ2v) is 12.0. The summed E-state index contributed by atoms with van der Waals surface area (Å²) < 4.78 is 12.2. The van der Waals surface area contributed by atoms with Gasteiger partial charge >= 0.3 is 5.97 Å². The summed E-state index contributed by atoms with van der Waals surface area (Å²) in [6.45, 7) is 8.17. The molecule has 4 aromatic carbocycles. The zero-order chi connectivity index (χ0) is 30.5. The van der Waals surface area contributed by atoms with E-state index in [1.165, 1.54) is 11.8 Å².